The van der Waals surface area contributed by atoms with Crippen LogP contribution in [-0.4, -0.2) is 66.0 Å². The van der Waals surface area contributed by atoms with Gasteiger partial charge in [0, 0.05) is 54.2 Å². The monoisotopic (exact) mass is 561 g/mol. The van der Waals surface area contributed by atoms with Crippen LogP contribution in [0, 0.1) is 0 Å². The summed E-state index contributed by atoms with van der Waals surface area (Å²) in [4.78, 5) is 45.0. The van der Waals surface area contributed by atoms with Crippen LogP contribution in [0.15, 0.2) is 36.5 Å². The quantitative estimate of drug-likeness (QED) is 0.300. The largest absolute Gasteiger partial charge is 0.382 e. The molecule has 220 valence electrons. The Morgan fingerprint density at radius 3 is 2.27 bits per heavy atom. The lowest BCUT2D eigenvalue weighted by Crippen LogP contribution is -2.50. The summed E-state index contributed by atoms with van der Waals surface area (Å²) in [5, 5.41) is 13.1. The molecule has 5 rings (SSSR count). The standard InChI is InChI=1S/C31H43N7O3/c1-3-21(4-2)35-27-14-19(7-11-26(27)29(32)39)30(40)37-23-15-24-9-10-25(16-23)38(24)28-12-8-20(17-34-28)31(41)36-22-6-5-13-33-18-22/h7-8,11-12,14,17,21-25,33,35H,3-6,9-10,13,15-16,18H2,1-2H3,(H2,32,39)(H,36,41)(H,37,40)/t22-,23?,24-,25+/m0/s1. The van der Waals surface area contributed by atoms with Gasteiger partial charge in [-0.3, -0.25) is 14.4 Å². The van der Waals surface area contributed by atoms with Crippen molar-refractivity contribution in [1.82, 2.24) is 20.9 Å². The van der Waals surface area contributed by atoms with Crippen LogP contribution in [-0.2, 0) is 0 Å². The minimum Gasteiger partial charge on any atom is -0.382 e. The molecule has 3 aliphatic heterocycles. The van der Waals surface area contributed by atoms with Crippen LogP contribution < -0.4 is 31.9 Å². The van der Waals surface area contributed by atoms with Crippen molar-refractivity contribution in [2.75, 3.05) is 23.3 Å². The number of aromatic nitrogens is 1. The van der Waals surface area contributed by atoms with Crippen molar-refractivity contribution < 1.29 is 14.4 Å². The van der Waals surface area contributed by atoms with Crippen molar-refractivity contribution >= 4 is 29.2 Å². The van der Waals surface area contributed by atoms with E-state index in [1.165, 1.54) is 0 Å². The smallest absolute Gasteiger partial charge is 0.253 e. The molecule has 2 aromatic rings. The number of anilines is 2. The lowest BCUT2D eigenvalue weighted by atomic mass is 9.96. The Bertz CT molecular complexity index is 1230. The molecule has 0 aliphatic carbocycles. The first-order valence-corrected chi connectivity index (χ1v) is 15.1. The van der Waals surface area contributed by atoms with Gasteiger partial charge in [-0.1, -0.05) is 13.8 Å². The van der Waals surface area contributed by atoms with Gasteiger partial charge in [0.25, 0.3) is 17.7 Å². The van der Waals surface area contributed by atoms with Gasteiger partial charge in [0.05, 0.1) is 11.1 Å². The van der Waals surface area contributed by atoms with Gasteiger partial charge in [-0.2, -0.15) is 0 Å². The van der Waals surface area contributed by atoms with E-state index in [2.05, 4.69) is 45.0 Å². The second-order valence-electron chi connectivity index (χ2n) is 11.6. The summed E-state index contributed by atoms with van der Waals surface area (Å²) in [7, 11) is 0. The van der Waals surface area contributed by atoms with Gasteiger partial charge in [0.15, 0.2) is 0 Å². The van der Waals surface area contributed by atoms with Crippen molar-refractivity contribution in [3.05, 3.63) is 53.2 Å². The summed E-state index contributed by atoms with van der Waals surface area (Å²) < 4.78 is 0. The molecular weight excluding hydrogens is 518 g/mol. The Kier molecular flexibility index (Phi) is 9.07. The highest BCUT2D eigenvalue weighted by atomic mass is 16.2. The molecule has 3 saturated heterocycles. The Hall–Kier alpha value is -3.66. The maximum atomic E-state index is 13.3. The van der Waals surface area contributed by atoms with Crippen molar-refractivity contribution in [3.8, 4) is 0 Å². The molecule has 3 fully saturated rings. The van der Waals surface area contributed by atoms with Crippen LogP contribution in [0.5, 0.6) is 0 Å². The maximum Gasteiger partial charge on any atom is 0.253 e. The lowest BCUT2D eigenvalue weighted by Gasteiger charge is -2.40. The lowest BCUT2D eigenvalue weighted by molar-refractivity contribution is 0.0920. The number of hydrogen-bond donors (Lipinski definition) is 5. The third kappa shape index (κ3) is 6.64. The zero-order valence-corrected chi connectivity index (χ0v) is 24.1. The molecule has 0 saturated carbocycles. The molecule has 4 atom stereocenters. The number of nitrogens with zero attached hydrogens (tertiary/aromatic N) is 2. The molecule has 4 heterocycles. The Balaban J connectivity index is 1.20. The van der Waals surface area contributed by atoms with E-state index in [1.54, 1.807) is 24.4 Å². The molecule has 0 radical (unpaired) electrons. The third-order valence-corrected chi connectivity index (χ3v) is 8.87. The van der Waals surface area contributed by atoms with Gasteiger partial charge in [0.1, 0.15) is 5.82 Å². The van der Waals surface area contributed by atoms with E-state index in [0.717, 1.165) is 70.3 Å². The summed E-state index contributed by atoms with van der Waals surface area (Å²) in [6.07, 6.45) is 9.30. The fraction of sp³-hybridized carbons (Fsp3) is 0.548. The van der Waals surface area contributed by atoms with E-state index >= 15 is 0 Å². The zero-order chi connectivity index (χ0) is 28.9. The number of hydrogen-bond acceptors (Lipinski definition) is 7. The molecule has 1 unspecified atom stereocenters. The number of carbonyl (C=O) groups is 3. The number of primary amides is 1. The summed E-state index contributed by atoms with van der Waals surface area (Å²) in [6.45, 7) is 5.98. The highest BCUT2D eigenvalue weighted by molar-refractivity contribution is 6.02. The van der Waals surface area contributed by atoms with Gasteiger partial charge in [-0.05, 0) is 88.2 Å². The molecule has 10 heteroatoms. The molecular formula is C31H43N7O3. The molecule has 10 nitrogen and oxygen atoms in total. The number of pyridine rings is 1. The van der Waals surface area contributed by atoms with E-state index < -0.39 is 5.91 Å². The second kappa shape index (κ2) is 12.9. The van der Waals surface area contributed by atoms with E-state index in [0.29, 0.717) is 22.4 Å². The highest BCUT2D eigenvalue weighted by Gasteiger charge is 2.42. The van der Waals surface area contributed by atoms with Crippen molar-refractivity contribution in [2.45, 2.75) is 95.4 Å². The zero-order valence-electron chi connectivity index (χ0n) is 24.1. The molecule has 3 aliphatic rings. The summed E-state index contributed by atoms with van der Waals surface area (Å²) >= 11 is 0. The van der Waals surface area contributed by atoms with E-state index in [9.17, 15) is 14.4 Å². The van der Waals surface area contributed by atoms with Crippen LogP contribution in [0.1, 0.15) is 96.3 Å². The molecule has 6 N–H and O–H groups in total. The predicted octanol–water partition coefficient (Wildman–Crippen LogP) is 3.19. The van der Waals surface area contributed by atoms with Crippen LogP contribution in [0.25, 0.3) is 0 Å². The summed E-state index contributed by atoms with van der Waals surface area (Å²) in [5.41, 5.74) is 7.68. The first-order chi connectivity index (χ1) is 19.9. The summed E-state index contributed by atoms with van der Waals surface area (Å²) in [6, 6.07) is 9.83. The van der Waals surface area contributed by atoms with Gasteiger partial charge < -0.3 is 31.9 Å². The average molecular weight is 562 g/mol. The van der Waals surface area contributed by atoms with Crippen LogP contribution in [0.3, 0.4) is 0 Å². The SMILES string of the molecule is CCC(CC)Nc1cc(C(=O)NC2C[C@H]3CC[C@@H](C2)N3c2ccc(C(=O)N[C@H]3CCCNC3)cn2)ccc1C(N)=O. The number of amides is 3. The number of nitrogens with two attached hydrogens (primary N) is 1. The number of rotatable bonds is 10. The first kappa shape index (κ1) is 28.9. The molecule has 1 aromatic carbocycles. The second-order valence-corrected chi connectivity index (χ2v) is 11.6. The first-order valence-electron chi connectivity index (χ1n) is 15.1. The molecule has 41 heavy (non-hydrogen) atoms. The van der Waals surface area contributed by atoms with Crippen molar-refractivity contribution in [3.63, 3.8) is 0 Å². The molecule has 1 aromatic heterocycles. The fourth-order valence-corrected chi connectivity index (χ4v) is 6.59. The van der Waals surface area contributed by atoms with Crippen LogP contribution in [0.2, 0.25) is 0 Å². The minimum absolute atomic E-state index is 0.0525. The Morgan fingerprint density at radius 1 is 0.976 bits per heavy atom. The predicted molar refractivity (Wildman–Crippen MR) is 160 cm³/mol. The third-order valence-electron chi connectivity index (χ3n) is 8.87. The van der Waals surface area contributed by atoms with Crippen molar-refractivity contribution in [2.24, 2.45) is 5.73 Å². The van der Waals surface area contributed by atoms with Crippen LogP contribution >= 0.6 is 0 Å². The molecule has 0 spiro atoms. The van der Waals surface area contributed by atoms with Crippen LogP contribution in [0.4, 0.5) is 11.5 Å². The number of carbonyl (C=O) groups excluding carboxylic acids is 3. The van der Waals surface area contributed by atoms with E-state index in [1.807, 2.05) is 12.1 Å². The van der Waals surface area contributed by atoms with Gasteiger partial charge in [-0.25, -0.2) is 4.98 Å². The minimum atomic E-state index is -0.516. The number of benzene rings is 1. The fourth-order valence-electron chi connectivity index (χ4n) is 6.59. The number of fused-ring (bicyclic) bond motifs is 2. The van der Waals surface area contributed by atoms with E-state index in [-0.39, 0.29) is 42.0 Å². The van der Waals surface area contributed by atoms with Gasteiger partial charge in [0.2, 0.25) is 0 Å². The average Bonchev–Trinajstić information content (AvgIpc) is 3.25. The normalized spacial score (nSPS) is 23.7. The highest BCUT2D eigenvalue weighted by Crippen LogP contribution is 2.38. The van der Waals surface area contributed by atoms with E-state index in [4.69, 9.17) is 5.73 Å². The van der Waals surface area contributed by atoms with Gasteiger partial charge >= 0.3 is 0 Å². The topological polar surface area (TPSA) is 141 Å². The number of nitrogens with one attached hydrogen (secondary N) is 4. The molecule has 2 bridgehead atoms. The van der Waals surface area contributed by atoms with Crippen molar-refractivity contribution in [1.29, 1.82) is 0 Å². The Labute approximate surface area is 242 Å². The number of piperidine rings is 2. The molecule has 3 amide bonds. The summed E-state index contributed by atoms with van der Waals surface area (Å²) in [5.74, 6) is 0.146. The Morgan fingerprint density at radius 2 is 1.66 bits per heavy atom. The van der Waals surface area contributed by atoms with Gasteiger partial charge in [-0.15, -0.1) is 0 Å². The maximum absolute atomic E-state index is 13.3.